The Morgan fingerprint density at radius 1 is 1.17 bits per heavy atom. The van der Waals surface area contributed by atoms with E-state index in [9.17, 15) is 14.7 Å². The maximum atomic E-state index is 13.1. The first-order chi connectivity index (χ1) is 16.5. The molecule has 1 heterocycles. The van der Waals surface area contributed by atoms with Crippen molar-refractivity contribution in [1.29, 1.82) is 0 Å². The summed E-state index contributed by atoms with van der Waals surface area (Å²) in [5, 5.41) is 14.8. The number of nitrogens with zero attached hydrogens (tertiary/aromatic N) is 1. The normalized spacial score (nSPS) is 20.9. The lowest BCUT2D eigenvalue weighted by Gasteiger charge is -2.38. The van der Waals surface area contributed by atoms with Gasteiger partial charge in [0.05, 0.1) is 5.69 Å². The van der Waals surface area contributed by atoms with E-state index >= 15 is 0 Å². The van der Waals surface area contributed by atoms with Crippen LogP contribution >= 0.6 is 23.2 Å². The van der Waals surface area contributed by atoms with Crippen LogP contribution in [0.15, 0.2) is 22.7 Å². The Balaban J connectivity index is 1.51. The summed E-state index contributed by atoms with van der Waals surface area (Å²) in [5.41, 5.74) is 3.26. The van der Waals surface area contributed by atoms with Crippen molar-refractivity contribution in [3.8, 4) is 0 Å². The first-order valence-corrected chi connectivity index (χ1v) is 13.4. The molecule has 0 radical (unpaired) electrons. The predicted molar refractivity (Wildman–Crippen MR) is 137 cm³/mol. The first kappa shape index (κ1) is 26.2. The van der Waals surface area contributed by atoms with Crippen LogP contribution in [0, 0.1) is 11.3 Å². The SMILES string of the molecule is CC(C)(C)CC1CC(c2noc([C@@H](CCC(=O)O)CC(=O)Cc3ccc(Cl)cc3Cl)c2C2CC2)C1. The second-order valence-corrected chi connectivity index (χ2v) is 12.5. The highest BCUT2D eigenvalue weighted by atomic mass is 35.5. The number of carboxylic acid groups (broad SMARTS) is 1. The summed E-state index contributed by atoms with van der Waals surface area (Å²) < 4.78 is 5.94. The molecule has 0 amide bonds. The monoisotopic (exact) mass is 519 g/mol. The van der Waals surface area contributed by atoms with Crippen molar-refractivity contribution in [2.75, 3.05) is 0 Å². The Bertz CT molecular complexity index is 1080. The van der Waals surface area contributed by atoms with E-state index in [1.807, 2.05) is 0 Å². The number of benzene rings is 1. The van der Waals surface area contributed by atoms with E-state index in [0.717, 1.165) is 48.3 Å². The number of Topliss-reactive ketones (excluding diaryl/α,β-unsaturated/α-hetero) is 1. The highest BCUT2D eigenvalue weighted by Crippen LogP contribution is 2.53. The van der Waals surface area contributed by atoms with E-state index in [0.29, 0.717) is 39.6 Å². The topological polar surface area (TPSA) is 80.4 Å². The lowest BCUT2D eigenvalue weighted by molar-refractivity contribution is -0.137. The summed E-state index contributed by atoms with van der Waals surface area (Å²) in [7, 11) is 0. The number of halogens is 2. The minimum Gasteiger partial charge on any atom is -0.481 e. The third-order valence-electron chi connectivity index (χ3n) is 7.25. The molecule has 4 rings (SSSR count). The number of rotatable bonds is 11. The molecule has 2 aliphatic carbocycles. The molecule has 1 atom stereocenters. The smallest absolute Gasteiger partial charge is 0.303 e. The summed E-state index contributed by atoms with van der Waals surface area (Å²) in [6.07, 6.45) is 6.36. The molecule has 0 spiro atoms. The number of aromatic nitrogens is 1. The van der Waals surface area contributed by atoms with Gasteiger partial charge in [0.15, 0.2) is 0 Å². The first-order valence-electron chi connectivity index (χ1n) is 12.7. The molecule has 0 saturated heterocycles. The fourth-order valence-electron chi connectivity index (χ4n) is 5.53. The van der Waals surface area contributed by atoms with Crippen LogP contribution in [-0.4, -0.2) is 22.0 Å². The number of ketones is 1. The van der Waals surface area contributed by atoms with Gasteiger partial charge in [-0.2, -0.15) is 0 Å². The van der Waals surface area contributed by atoms with Gasteiger partial charge in [0.25, 0.3) is 0 Å². The summed E-state index contributed by atoms with van der Waals surface area (Å²) >= 11 is 12.3. The van der Waals surface area contributed by atoms with E-state index in [1.54, 1.807) is 18.2 Å². The third-order valence-corrected chi connectivity index (χ3v) is 7.83. The molecule has 7 heteroatoms. The molecule has 190 valence electrons. The van der Waals surface area contributed by atoms with Crippen molar-refractivity contribution in [2.24, 2.45) is 11.3 Å². The van der Waals surface area contributed by atoms with Crippen molar-refractivity contribution < 1.29 is 19.2 Å². The van der Waals surface area contributed by atoms with Gasteiger partial charge in [-0.1, -0.05) is 55.2 Å². The summed E-state index contributed by atoms with van der Waals surface area (Å²) in [6.45, 7) is 6.85. The molecular formula is C28H35Cl2NO4. The standard InChI is InChI=1S/C28H35Cl2NO4/c1-28(2,3)15-16-10-20(11-16)26-25(17-4-5-17)27(35-31-26)19(7-9-24(33)34)13-22(32)12-18-6-8-21(29)14-23(18)30/h6,8,14,16-17,19-20H,4-5,7,9-13,15H2,1-3H3,(H,33,34)/t16?,19-,20?/m0/s1. The molecule has 2 saturated carbocycles. The number of aliphatic carboxylic acids is 1. The van der Waals surface area contributed by atoms with E-state index < -0.39 is 5.97 Å². The van der Waals surface area contributed by atoms with Crippen LogP contribution in [-0.2, 0) is 16.0 Å². The average Bonchev–Trinajstić information content (AvgIpc) is 3.47. The number of hydrogen-bond acceptors (Lipinski definition) is 4. The Hall–Kier alpha value is -1.85. The van der Waals surface area contributed by atoms with Gasteiger partial charge in [0.2, 0.25) is 0 Å². The van der Waals surface area contributed by atoms with Crippen LogP contribution in [0.2, 0.25) is 10.0 Å². The molecule has 0 bridgehead atoms. The maximum Gasteiger partial charge on any atom is 0.303 e. The van der Waals surface area contributed by atoms with Gasteiger partial charge in [-0.25, -0.2) is 0 Å². The summed E-state index contributed by atoms with van der Waals surface area (Å²) in [6, 6.07) is 5.12. The van der Waals surface area contributed by atoms with Crippen LogP contribution in [0.4, 0.5) is 0 Å². The summed E-state index contributed by atoms with van der Waals surface area (Å²) in [4.78, 5) is 24.4. The Morgan fingerprint density at radius 2 is 1.89 bits per heavy atom. The van der Waals surface area contributed by atoms with Crippen LogP contribution in [0.1, 0.15) is 112 Å². The zero-order valence-electron chi connectivity index (χ0n) is 20.8. The van der Waals surface area contributed by atoms with Gasteiger partial charge in [-0.3, -0.25) is 9.59 Å². The molecule has 1 aromatic carbocycles. The maximum absolute atomic E-state index is 13.1. The molecule has 35 heavy (non-hydrogen) atoms. The fraction of sp³-hybridized carbons (Fsp3) is 0.607. The number of carbonyl (C=O) groups excluding carboxylic acids is 1. The van der Waals surface area contributed by atoms with E-state index in [1.165, 1.54) is 6.42 Å². The van der Waals surface area contributed by atoms with Crippen LogP contribution in [0.5, 0.6) is 0 Å². The van der Waals surface area contributed by atoms with Crippen LogP contribution < -0.4 is 0 Å². The minimum atomic E-state index is -0.875. The largest absolute Gasteiger partial charge is 0.481 e. The molecule has 2 aliphatic rings. The number of hydrogen-bond donors (Lipinski definition) is 1. The van der Waals surface area contributed by atoms with Gasteiger partial charge in [0.1, 0.15) is 11.5 Å². The summed E-state index contributed by atoms with van der Waals surface area (Å²) in [5.74, 6) is 1.09. The zero-order chi connectivity index (χ0) is 25.3. The molecule has 5 nitrogen and oxygen atoms in total. The Kier molecular flexibility index (Phi) is 7.97. The molecule has 1 N–H and O–H groups in total. The lowest BCUT2D eigenvalue weighted by Crippen LogP contribution is -2.27. The van der Waals surface area contributed by atoms with Crippen molar-refractivity contribution in [2.45, 2.75) is 96.3 Å². The fourth-order valence-corrected chi connectivity index (χ4v) is 6.01. The quantitative estimate of drug-likeness (QED) is 0.325. The molecule has 2 fully saturated rings. The molecule has 1 aromatic heterocycles. The number of carboxylic acids is 1. The van der Waals surface area contributed by atoms with Crippen molar-refractivity contribution >= 4 is 35.0 Å². The van der Waals surface area contributed by atoms with Crippen molar-refractivity contribution in [3.05, 3.63) is 50.8 Å². The van der Waals surface area contributed by atoms with Gasteiger partial charge < -0.3 is 9.63 Å². The minimum absolute atomic E-state index is 0.00167. The van der Waals surface area contributed by atoms with Gasteiger partial charge in [-0.15, -0.1) is 0 Å². The highest BCUT2D eigenvalue weighted by molar-refractivity contribution is 6.35. The van der Waals surface area contributed by atoms with Gasteiger partial charge in [-0.05, 0) is 73.5 Å². The second-order valence-electron chi connectivity index (χ2n) is 11.7. The molecular weight excluding hydrogens is 485 g/mol. The van der Waals surface area contributed by atoms with E-state index in [2.05, 4.69) is 25.9 Å². The van der Waals surface area contributed by atoms with Crippen LogP contribution in [0.3, 0.4) is 0 Å². The molecule has 2 aromatic rings. The Morgan fingerprint density at radius 3 is 2.49 bits per heavy atom. The second kappa shape index (κ2) is 10.6. The van der Waals surface area contributed by atoms with E-state index in [-0.39, 0.29) is 31.0 Å². The Labute approximate surface area is 217 Å². The number of carbonyl (C=O) groups is 2. The van der Waals surface area contributed by atoms with Gasteiger partial charge >= 0.3 is 5.97 Å². The van der Waals surface area contributed by atoms with Crippen molar-refractivity contribution in [3.63, 3.8) is 0 Å². The van der Waals surface area contributed by atoms with Crippen molar-refractivity contribution in [1.82, 2.24) is 5.16 Å². The molecule has 0 aliphatic heterocycles. The van der Waals surface area contributed by atoms with Crippen LogP contribution in [0.25, 0.3) is 0 Å². The highest BCUT2D eigenvalue weighted by Gasteiger charge is 2.42. The molecule has 0 unspecified atom stereocenters. The predicted octanol–water partition coefficient (Wildman–Crippen LogP) is 7.94. The lowest BCUT2D eigenvalue weighted by atomic mass is 9.66. The van der Waals surface area contributed by atoms with E-state index in [4.69, 9.17) is 27.7 Å². The third kappa shape index (κ3) is 6.89. The van der Waals surface area contributed by atoms with Gasteiger partial charge in [0, 0.05) is 46.7 Å². The average molecular weight is 520 g/mol. The zero-order valence-corrected chi connectivity index (χ0v) is 22.3.